The maximum absolute atomic E-state index is 13.3. The van der Waals surface area contributed by atoms with Gasteiger partial charge in [-0.2, -0.15) is 5.26 Å². The average molecular weight is 304 g/mol. The average Bonchev–Trinajstić information content (AvgIpc) is 2.45. The Labute approximate surface area is 126 Å². The highest BCUT2D eigenvalue weighted by Crippen LogP contribution is 2.24. The van der Waals surface area contributed by atoms with Crippen molar-refractivity contribution in [2.75, 3.05) is 0 Å². The molecule has 2 rings (SSSR count). The fraction of sp³-hybridized carbons (Fsp3) is 0.125. The molecule has 0 aliphatic carbocycles. The van der Waals surface area contributed by atoms with Crippen LogP contribution >= 0.6 is 11.6 Å². The zero-order valence-electron chi connectivity index (χ0n) is 11.2. The fourth-order valence-electron chi connectivity index (χ4n) is 1.80. The van der Waals surface area contributed by atoms with Gasteiger partial charge in [-0.15, -0.1) is 0 Å². The Hall–Kier alpha value is -2.38. The van der Waals surface area contributed by atoms with Gasteiger partial charge in [-0.05, 0) is 31.2 Å². The Morgan fingerprint density at radius 3 is 2.71 bits per heavy atom. The third-order valence-corrected chi connectivity index (χ3v) is 3.24. The number of hydrogen-bond donors (Lipinski definition) is 0. The Morgan fingerprint density at radius 2 is 2.10 bits per heavy atom. The topological polar surface area (TPSA) is 50.1 Å². The normalized spacial score (nSPS) is 10.0. The summed E-state index contributed by atoms with van der Waals surface area (Å²) >= 11 is 6.04. The lowest BCUT2D eigenvalue weighted by molar-refractivity contribution is 0.101. The second-order valence-corrected chi connectivity index (χ2v) is 4.81. The molecule has 0 saturated heterocycles. The highest BCUT2D eigenvalue weighted by Gasteiger charge is 2.11. The van der Waals surface area contributed by atoms with Gasteiger partial charge in [0.15, 0.2) is 5.78 Å². The molecular formula is C16H11ClFNO2. The van der Waals surface area contributed by atoms with E-state index in [1.54, 1.807) is 12.1 Å². The predicted molar refractivity (Wildman–Crippen MR) is 76.9 cm³/mol. The molecule has 2 aromatic carbocycles. The van der Waals surface area contributed by atoms with E-state index in [9.17, 15) is 9.18 Å². The summed E-state index contributed by atoms with van der Waals surface area (Å²) < 4.78 is 18.8. The molecule has 21 heavy (non-hydrogen) atoms. The lowest BCUT2D eigenvalue weighted by atomic mass is 10.1. The largest absolute Gasteiger partial charge is 0.488 e. The molecule has 0 aliphatic rings. The summed E-state index contributed by atoms with van der Waals surface area (Å²) in [5, 5.41) is 9.15. The quantitative estimate of drug-likeness (QED) is 0.798. The molecule has 0 aliphatic heterocycles. The van der Waals surface area contributed by atoms with Crippen LogP contribution in [-0.4, -0.2) is 5.78 Å². The molecule has 106 valence electrons. The minimum Gasteiger partial charge on any atom is -0.488 e. The van der Waals surface area contributed by atoms with Crippen molar-refractivity contribution in [3.63, 3.8) is 0 Å². The number of carbonyl (C=O) groups excluding carboxylic acids is 1. The van der Waals surface area contributed by atoms with E-state index in [1.165, 1.54) is 25.1 Å². The minimum atomic E-state index is -0.485. The van der Waals surface area contributed by atoms with Gasteiger partial charge < -0.3 is 4.74 Å². The molecule has 0 aromatic heterocycles. The summed E-state index contributed by atoms with van der Waals surface area (Å²) in [5.74, 6) is -0.528. The molecule has 5 heteroatoms. The van der Waals surface area contributed by atoms with Crippen LogP contribution in [0.5, 0.6) is 5.75 Å². The number of benzene rings is 2. The van der Waals surface area contributed by atoms with Crippen molar-refractivity contribution >= 4 is 17.4 Å². The molecule has 0 N–H and O–H groups in total. The van der Waals surface area contributed by atoms with Gasteiger partial charge in [-0.3, -0.25) is 4.79 Å². The van der Waals surface area contributed by atoms with E-state index in [0.717, 1.165) is 6.07 Å². The van der Waals surface area contributed by atoms with E-state index >= 15 is 0 Å². The van der Waals surface area contributed by atoms with Gasteiger partial charge in [-0.25, -0.2) is 4.39 Å². The van der Waals surface area contributed by atoms with Gasteiger partial charge in [0.2, 0.25) is 0 Å². The number of ether oxygens (including phenoxy) is 1. The van der Waals surface area contributed by atoms with Crippen LogP contribution in [-0.2, 0) is 6.61 Å². The van der Waals surface area contributed by atoms with E-state index in [0.29, 0.717) is 21.7 Å². The van der Waals surface area contributed by atoms with Crippen molar-refractivity contribution in [2.24, 2.45) is 0 Å². The van der Waals surface area contributed by atoms with Crippen LogP contribution < -0.4 is 4.74 Å². The van der Waals surface area contributed by atoms with Gasteiger partial charge in [0.05, 0.1) is 17.2 Å². The first-order chi connectivity index (χ1) is 10.0. The number of Topliss-reactive ketones (excluding diaryl/α,β-unsaturated/α-hetero) is 1. The Balaban J connectivity index is 2.22. The molecule has 0 fully saturated rings. The van der Waals surface area contributed by atoms with Crippen molar-refractivity contribution in [1.29, 1.82) is 5.26 Å². The predicted octanol–water partition coefficient (Wildman–Crippen LogP) is 4.13. The van der Waals surface area contributed by atoms with Crippen LogP contribution in [0, 0.1) is 17.1 Å². The number of hydrogen-bond acceptors (Lipinski definition) is 3. The first kappa shape index (κ1) is 15.0. The standard InChI is InChI=1S/C16H11ClFNO2/c1-10(20)14-5-4-13(18)7-16(14)21-9-12-3-2-11(8-19)6-15(12)17/h2-7H,9H2,1H3. The van der Waals surface area contributed by atoms with E-state index in [-0.39, 0.29) is 18.1 Å². The van der Waals surface area contributed by atoms with Crippen LogP contribution in [0.1, 0.15) is 28.4 Å². The Bertz CT molecular complexity index is 738. The van der Waals surface area contributed by atoms with Crippen molar-refractivity contribution < 1.29 is 13.9 Å². The lowest BCUT2D eigenvalue weighted by Gasteiger charge is -2.11. The fourth-order valence-corrected chi connectivity index (χ4v) is 2.03. The number of nitriles is 1. The summed E-state index contributed by atoms with van der Waals surface area (Å²) in [6, 6.07) is 10.5. The lowest BCUT2D eigenvalue weighted by Crippen LogP contribution is -2.02. The van der Waals surface area contributed by atoms with E-state index < -0.39 is 5.82 Å². The maximum Gasteiger partial charge on any atom is 0.163 e. The molecule has 0 unspecified atom stereocenters. The van der Waals surface area contributed by atoms with Gasteiger partial charge in [0.1, 0.15) is 18.2 Å². The second-order valence-electron chi connectivity index (χ2n) is 4.40. The molecular weight excluding hydrogens is 293 g/mol. The van der Waals surface area contributed by atoms with Crippen LogP contribution in [0.2, 0.25) is 5.02 Å². The molecule has 0 bridgehead atoms. The zero-order chi connectivity index (χ0) is 15.4. The molecule has 2 aromatic rings. The van der Waals surface area contributed by atoms with E-state index in [2.05, 4.69) is 0 Å². The Kier molecular flexibility index (Phi) is 4.56. The molecule has 0 spiro atoms. The zero-order valence-corrected chi connectivity index (χ0v) is 11.9. The van der Waals surface area contributed by atoms with E-state index in [1.807, 2.05) is 6.07 Å². The van der Waals surface area contributed by atoms with Crippen molar-refractivity contribution in [2.45, 2.75) is 13.5 Å². The van der Waals surface area contributed by atoms with Crippen molar-refractivity contribution in [3.8, 4) is 11.8 Å². The van der Waals surface area contributed by atoms with Crippen LogP contribution in [0.25, 0.3) is 0 Å². The first-order valence-corrected chi connectivity index (χ1v) is 6.51. The highest BCUT2D eigenvalue weighted by molar-refractivity contribution is 6.31. The molecule has 0 radical (unpaired) electrons. The summed E-state index contributed by atoms with van der Waals surface area (Å²) in [6.45, 7) is 1.46. The summed E-state index contributed by atoms with van der Waals surface area (Å²) in [7, 11) is 0. The SMILES string of the molecule is CC(=O)c1ccc(F)cc1OCc1ccc(C#N)cc1Cl. The molecule has 0 atom stereocenters. The highest BCUT2D eigenvalue weighted by atomic mass is 35.5. The van der Waals surface area contributed by atoms with Crippen LogP contribution in [0.4, 0.5) is 4.39 Å². The van der Waals surface area contributed by atoms with Gasteiger partial charge in [0.25, 0.3) is 0 Å². The van der Waals surface area contributed by atoms with Gasteiger partial charge in [0, 0.05) is 16.7 Å². The maximum atomic E-state index is 13.3. The van der Waals surface area contributed by atoms with E-state index in [4.69, 9.17) is 21.6 Å². The number of carbonyl (C=O) groups is 1. The van der Waals surface area contributed by atoms with Crippen LogP contribution in [0.15, 0.2) is 36.4 Å². The molecule has 0 heterocycles. The molecule has 3 nitrogen and oxygen atoms in total. The third kappa shape index (κ3) is 3.59. The monoisotopic (exact) mass is 303 g/mol. The van der Waals surface area contributed by atoms with Crippen molar-refractivity contribution in [3.05, 3.63) is 63.9 Å². The minimum absolute atomic E-state index is 0.0777. The number of rotatable bonds is 4. The number of ketones is 1. The van der Waals surface area contributed by atoms with Crippen LogP contribution in [0.3, 0.4) is 0 Å². The smallest absolute Gasteiger partial charge is 0.163 e. The number of nitrogens with zero attached hydrogens (tertiary/aromatic N) is 1. The Morgan fingerprint density at radius 1 is 1.33 bits per heavy atom. The summed E-state index contributed by atoms with van der Waals surface area (Å²) in [5.41, 5.74) is 1.40. The van der Waals surface area contributed by atoms with Gasteiger partial charge in [-0.1, -0.05) is 17.7 Å². The van der Waals surface area contributed by atoms with Gasteiger partial charge >= 0.3 is 0 Å². The summed E-state index contributed by atoms with van der Waals surface area (Å²) in [4.78, 5) is 11.5. The third-order valence-electron chi connectivity index (χ3n) is 2.89. The number of halogens is 2. The molecule has 0 amide bonds. The molecule has 0 saturated carbocycles. The summed E-state index contributed by atoms with van der Waals surface area (Å²) in [6.07, 6.45) is 0. The second kappa shape index (κ2) is 6.38. The first-order valence-electron chi connectivity index (χ1n) is 6.13. The van der Waals surface area contributed by atoms with Crippen molar-refractivity contribution in [1.82, 2.24) is 0 Å².